The zero-order chi connectivity index (χ0) is 18.9. The molecule has 3 N–H and O–H groups in total. The molecule has 0 atom stereocenters. The molecule has 3 rings (SSSR count). The molecule has 1 aromatic heterocycles. The van der Waals surface area contributed by atoms with Crippen LogP contribution in [0.2, 0.25) is 0 Å². The average Bonchev–Trinajstić information content (AvgIpc) is 3.11. The monoisotopic (exact) mass is 365 g/mol. The summed E-state index contributed by atoms with van der Waals surface area (Å²) in [6, 6.07) is 16.2. The van der Waals surface area contributed by atoms with Crippen molar-refractivity contribution in [1.82, 2.24) is 20.6 Å². The molecule has 0 saturated heterocycles. The number of benzene rings is 2. The lowest BCUT2D eigenvalue weighted by atomic mass is 10.1. The number of methoxy groups -OCH3 is 1. The zero-order valence-corrected chi connectivity index (χ0v) is 16.0. The van der Waals surface area contributed by atoms with Gasteiger partial charge in [-0.2, -0.15) is 0 Å². The highest BCUT2D eigenvalue weighted by Crippen LogP contribution is 2.17. The van der Waals surface area contributed by atoms with Crippen molar-refractivity contribution in [2.24, 2.45) is 4.99 Å². The Labute approximate surface area is 160 Å². The van der Waals surface area contributed by atoms with E-state index in [-0.39, 0.29) is 0 Å². The molecule has 0 aliphatic rings. The van der Waals surface area contributed by atoms with Gasteiger partial charge in [-0.15, -0.1) is 0 Å². The molecule has 0 fully saturated rings. The van der Waals surface area contributed by atoms with Gasteiger partial charge in [-0.1, -0.05) is 30.3 Å². The number of aliphatic imine (C=N–C) groups is 1. The van der Waals surface area contributed by atoms with E-state index in [0.29, 0.717) is 6.54 Å². The molecule has 6 nitrogen and oxygen atoms in total. The van der Waals surface area contributed by atoms with E-state index in [0.717, 1.165) is 54.5 Å². The molecule has 0 aliphatic heterocycles. The highest BCUT2D eigenvalue weighted by Gasteiger charge is 2.04. The number of aromatic amines is 1. The molecule has 3 aromatic rings. The largest absolute Gasteiger partial charge is 0.496 e. The van der Waals surface area contributed by atoms with Gasteiger partial charge in [0.05, 0.1) is 18.1 Å². The van der Waals surface area contributed by atoms with E-state index in [2.05, 4.69) is 38.6 Å². The van der Waals surface area contributed by atoms with Crippen molar-refractivity contribution in [3.8, 4) is 5.75 Å². The Morgan fingerprint density at radius 2 is 1.89 bits per heavy atom. The fourth-order valence-corrected chi connectivity index (χ4v) is 2.96. The Morgan fingerprint density at radius 3 is 2.70 bits per heavy atom. The third-order valence-corrected chi connectivity index (χ3v) is 4.28. The predicted molar refractivity (Wildman–Crippen MR) is 110 cm³/mol. The lowest BCUT2D eigenvalue weighted by Gasteiger charge is -2.12. The number of H-pyrrole nitrogens is 1. The van der Waals surface area contributed by atoms with Gasteiger partial charge in [0.1, 0.15) is 11.6 Å². The summed E-state index contributed by atoms with van der Waals surface area (Å²) in [6.45, 7) is 4.35. The van der Waals surface area contributed by atoms with Crippen molar-refractivity contribution in [3.63, 3.8) is 0 Å². The number of nitrogens with one attached hydrogen (secondary N) is 3. The number of guanidine groups is 1. The molecule has 27 heavy (non-hydrogen) atoms. The lowest BCUT2D eigenvalue weighted by Crippen LogP contribution is -2.38. The van der Waals surface area contributed by atoms with E-state index in [1.165, 1.54) is 5.56 Å². The van der Waals surface area contributed by atoms with Gasteiger partial charge in [0.2, 0.25) is 0 Å². The van der Waals surface area contributed by atoms with E-state index in [1.807, 2.05) is 42.5 Å². The summed E-state index contributed by atoms with van der Waals surface area (Å²) in [5, 5.41) is 6.67. The van der Waals surface area contributed by atoms with E-state index >= 15 is 0 Å². The third-order valence-electron chi connectivity index (χ3n) is 4.28. The van der Waals surface area contributed by atoms with Gasteiger partial charge < -0.3 is 20.4 Å². The maximum absolute atomic E-state index is 5.41. The van der Waals surface area contributed by atoms with Crippen LogP contribution in [0.1, 0.15) is 18.3 Å². The third kappa shape index (κ3) is 5.23. The minimum atomic E-state index is 0.670. The van der Waals surface area contributed by atoms with Crippen LogP contribution in [0.25, 0.3) is 11.0 Å². The number of imidazole rings is 1. The summed E-state index contributed by atoms with van der Waals surface area (Å²) in [4.78, 5) is 12.6. The van der Waals surface area contributed by atoms with E-state index in [9.17, 15) is 0 Å². The van der Waals surface area contributed by atoms with Crippen molar-refractivity contribution in [3.05, 3.63) is 59.9 Å². The van der Waals surface area contributed by atoms with Gasteiger partial charge in [-0.25, -0.2) is 4.98 Å². The Kier molecular flexibility index (Phi) is 6.68. The first-order valence-corrected chi connectivity index (χ1v) is 9.38. The molecule has 6 heteroatoms. The molecule has 1 heterocycles. The van der Waals surface area contributed by atoms with Gasteiger partial charge >= 0.3 is 0 Å². The molecule has 0 aliphatic carbocycles. The molecule has 0 amide bonds. The van der Waals surface area contributed by atoms with E-state index < -0.39 is 0 Å². The number of nitrogens with zero attached hydrogens (tertiary/aromatic N) is 2. The number of hydrogen-bond acceptors (Lipinski definition) is 3. The van der Waals surface area contributed by atoms with Crippen molar-refractivity contribution in [2.75, 3.05) is 26.7 Å². The van der Waals surface area contributed by atoms with Gasteiger partial charge in [0.25, 0.3) is 0 Å². The van der Waals surface area contributed by atoms with Crippen LogP contribution >= 0.6 is 0 Å². The second-order valence-electron chi connectivity index (χ2n) is 6.20. The maximum atomic E-state index is 5.41. The summed E-state index contributed by atoms with van der Waals surface area (Å²) in [7, 11) is 1.70. The minimum Gasteiger partial charge on any atom is -0.496 e. The summed E-state index contributed by atoms with van der Waals surface area (Å²) >= 11 is 0. The summed E-state index contributed by atoms with van der Waals surface area (Å²) < 4.78 is 5.41. The number of rotatable bonds is 8. The quantitative estimate of drug-likeness (QED) is 0.424. The molecule has 2 aromatic carbocycles. The number of fused-ring (bicyclic) bond motifs is 1. The van der Waals surface area contributed by atoms with Gasteiger partial charge in [-0.05, 0) is 37.1 Å². The molecule has 0 saturated carbocycles. The first-order chi connectivity index (χ1) is 13.3. The van der Waals surface area contributed by atoms with E-state index in [1.54, 1.807) is 7.11 Å². The normalized spacial score (nSPS) is 11.6. The number of aromatic nitrogens is 2. The standard InChI is InChI=1S/C21H27N5O/c1-3-22-21(23-14-12-16-8-4-7-11-19(16)27-2)24-15-13-20-25-17-9-5-6-10-18(17)26-20/h4-11H,3,12-15H2,1-2H3,(H,25,26)(H2,22,23,24). The number of hydrogen-bond donors (Lipinski definition) is 3. The first kappa shape index (κ1) is 18.8. The fourth-order valence-electron chi connectivity index (χ4n) is 2.96. The van der Waals surface area contributed by atoms with Crippen LogP contribution in [0.15, 0.2) is 53.5 Å². The SMILES string of the molecule is CCNC(=NCCc1nc2ccccc2[nH]1)NCCc1ccccc1OC. The van der Waals surface area contributed by atoms with Gasteiger partial charge in [0.15, 0.2) is 5.96 Å². The fraction of sp³-hybridized carbons (Fsp3) is 0.333. The number of para-hydroxylation sites is 3. The second kappa shape index (κ2) is 9.62. The van der Waals surface area contributed by atoms with Crippen LogP contribution < -0.4 is 15.4 Å². The minimum absolute atomic E-state index is 0.670. The second-order valence-corrected chi connectivity index (χ2v) is 6.20. The molecule has 0 bridgehead atoms. The summed E-state index contributed by atoms with van der Waals surface area (Å²) in [5.41, 5.74) is 3.25. The Morgan fingerprint density at radius 1 is 1.07 bits per heavy atom. The average molecular weight is 365 g/mol. The van der Waals surface area contributed by atoms with Gasteiger partial charge in [-0.3, -0.25) is 4.99 Å². The maximum Gasteiger partial charge on any atom is 0.191 e. The zero-order valence-electron chi connectivity index (χ0n) is 16.0. The summed E-state index contributed by atoms with van der Waals surface area (Å²) in [6.07, 6.45) is 1.65. The molecular formula is C21H27N5O. The molecule has 142 valence electrons. The van der Waals surface area contributed by atoms with Crippen LogP contribution in [-0.4, -0.2) is 42.7 Å². The van der Waals surface area contributed by atoms with Crippen molar-refractivity contribution in [2.45, 2.75) is 19.8 Å². The van der Waals surface area contributed by atoms with Crippen LogP contribution in [0.4, 0.5) is 0 Å². The molecule has 0 unspecified atom stereocenters. The molecule has 0 spiro atoms. The predicted octanol–water partition coefficient (Wildman–Crippen LogP) is 2.91. The van der Waals surface area contributed by atoms with Crippen molar-refractivity contribution in [1.29, 1.82) is 0 Å². The summed E-state index contributed by atoms with van der Waals surface area (Å²) in [5.74, 6) is 2.71. The Balaban J connectivity index is 1.53. The number of ether oxygens (including phenoxy) is 1. The van der Waals surface area contributed by atoms with E-state index in [4.69, 9.17) is 4.74 Å². The first-order valence-electron chi connectivity index (χ1n) is 9.38. The Bertz CT molecular complexity index is 854. The van der Waals surface area contributed by atoms with Gasteiger partial charge in [0, 0.05) is 26.1 Å². The van der Waals surface area contributed by atoms with Crippen LogP contribution in [0.5, 0.6) is 5.75 Å². The van der Waals surface area contributed by atoms with Crippen LogP contribution in [0.3, 0.4) is 0 Å². The lowest BCUT2D eigenvalue weighted by molar-refractivity contribution is 0.409. The molecule has 0 radical (unpaired) electrons. The Hall–Kier alpha value is -3.02. The topological polar surface area (TPSA) is 74.3 Å². The highest BCUT2D eigenvalue weighted by molar-refractivity contribution is 5.79. The van der Waals surface area contributed by atoms with Crippen LogP contribution in [0, 0.1) is 0 Å². The molecular weight excluding hydrogens is 338 g/mol. The smallest absolute Gasteiger partial charge is 0.191 e. The van der Waals surface area contributed by atoms with Crippen molar-refractivity contribution < 1.29 is 4.74 Å². The van der Waals surface area contributed by atoms with Crippen LogP contribution in [-0.2, 0) is 12.8 Å². The highest BCUT2D eigenvalue weighted by atomic mass is 16.5. The van der Waals surface area contributed by atoms with Crippen molar-refractivity contribution >= 4 is 17.0 Å².